The van der Waals surface area contributed by atoms with Gasteiger partial charge in [0.1, 0.15) is 0 Å². The third-order valence-electron chi connectivity index (χ3n) is 4.24. The van der Waals surface area contributed by atoms with E-state index >= 15 is 0 Å². The molecule has 1 fully saturated rings. The summed E-state index contributed by atoms with van der Waals surface area (Å²) in [7, 11) is 0. The van der Waals surface area contributed by atoms with Gasteiger partial charge in [-0.05, 0) is 30.5 Å². The smallest absolute Gasteiger partial charge is 0.0992 e. The van der Waals surface area contributed by atoms with Crippen LogP contribution in [0.5, 0.6) is 0 Å². The number of ether oxygens (including phenoxy) is 1. The van der Waals surface area contributed by atoms with Gasteiger partial charge in [-0.2, -0.15) is 5.26 Å². The maximum atomic E-state index is 8.87. The lowest BCUT2D eigenvalue weighted by molar-refractivity contribution is -0.108. The number of benzene rings is 1. The second kappa shape index (κ2) is 6.25. The minimum atomic E-state index is 0.0755. The summed E-state index contributed by atoms with van der Waals surface area (Å²) in [5, 5.41) is 12.9. The molecule has 1 aliphatic rings. The van der Waals surface area contributed by atoms with Gasteiger partial charge in [-0.25, -0.2) is 0 Å². The Morgan fingerprint density at radius 1 is 1.48 bits per heavy atom. The summed E-state index contributed by atoms with van der Waals surface area (Å²) in [4.78, 5) is 0. The predicted octanol–water partition coefficient (Wildman–Crippen LogP) is 4.46. The fourth-order valence-corrected chi connectivity index (χ4v) is 2.85. The molecule has 4 heteroatoms. The molecule has 0 spiro atoms. The molecule has 0 radical (unpaired) electrons. The highest BCUT2D eigenvalue weighted by molar-refractivity contribution is 6.33. The first-order valence-corrected chi connectivity index (χ1v) is 7.80. The van der Waals surface area contributed by atoms with Gasteiger partial charge >= 0.3 is 0 Å². The second-order valence-electron chi connectivity index (χ2n) is 6.78. The Bertz CT molecular complexity index is 548. The lowest BCUT2D eigenvalue weighted by Crippen LogP contribution is -2.58. The molecule has 1 aliphatic carbocycles. The molecule has 0 aromatic heterocycles. The molecule has 2 atom stereocenters. The van der Waals surface area contributed by atoms with Crippen molar-refractivity contribution in [2.45, 2.75) is 46.3 Å². The Morgan fingerprint density at radius 3 is 2.71 bits per heavy atom. The van der Waals surface area contributed by atoms with Crippen LogP contribution in [0, 0.1) is 22.7 Å². The Balaban J connectivity index is 1.98. The number of halogens is 1. The zero-order valence-electron chi connectivity index (χ0n) is 13.1. The van der Waals surface area contributed by atoms with E-state index in [0.29, 0.717) is 22.5 Å². The van der Waals surface area contributed by atoms with Crippen LogP contribution in [0.15, 0.2) is 18.2 Å². The van der Waals surface area contributed by atoms with Gasteiger partial charge in [0.15, 0.2) is 0 Å². The van der Waals surface area contributed by atoms with Crippen LogP contribution in [0.2, 0.25) is 5.02 Å². The lowest BCUT2D eigenvalue weighted by Gasteiger charge is -2.52. The van der Waals surface area contributed by atoms with E-state index in [-0.39, 0.29) is 11.5 Å². The maximum absolute atomic E-state index is 8.87. The minimum Gasteiger partial charge on any atom is -0.380 e. The number of nitrogens with one attached hydrogen (secondary N) is 1. The van der Waals surface area contributed by atoms with Crippen LogP contribution < -0.4 is 5.32 Å². The normalized spacial score (nSPS) is 23.5. The highest BCUT2D eigenvalue weighted by Crippen LogP contribution is 2.45. The van der Waals surface area contributed by atoms with E-state index in [0.717, 1.165) is 18.7 Å². The number of nitrogens with zero attached hydrogens (tertiary/aromatic N) is 1. The van der Waals surface area contributed by atoms with Crippen LogP contribution in [0.1, 0.15) is 39.7 Å². The molecule has 2 rings (SSSR count). The Labute approximate surface area is 132 Å². The summed E-state index contributed by atoms with van der Waals surface area (Å²) in [5.41, 5.74) is 1.54. The van der Waals surface area contributed by atoms with Crippen LogP contribution in [0.3, 0.4) is 0 Å². The monoisotopic (exact) mass is 306 g/mol. The second-order valence-corrected chi connectivity index (χ2v) is 7.18. The molecule has 2 unspecified atom stereocenters. The summed E-state index contributed by atoms with van der Waals surface area (Å²) in [5.74, 6) is 0.556. The van der Waals surface area contributed by atoms with Crippen molar-refractivity contribution in [2.24, 2.45) is 11.3 Å². The minimum absolute atomic E-state index is 0.0755. The first-order valence-electron chi connectivity index (χ1n) is 7.42. The van der Waals surface area contributed by atoms with E-state index < -0.39 is 0 Å². The summed E-state index contributed by atoms with van der Waals surface area (Å²) in [6.07, 6.45) is 1.27. The summed E-state index contributed by atoms with van der Waals surface area (Å²) >= 11 is 6.22. The zero-order chi connectivity index (χ0) is 15.6. The van der Waals surface area contributed by atoms with Crippen LogP contribution in [0.4, 0.5) is 5.69 Å². The average Bonchev–Trinajstić information content (AvgIpc) is 2.42. The van der Waals surface area contributed by atoms with Gasteiger partial charge in [0.05, 0.1) is 28.4 Å². The van der Waals surface area contributed by atoms with E-state index in [9.17, 15) is 0 Å². The molecule has 1 saturated carbocycles. The van der Waals surface area contributed by atoms with Crippen LogP contribution in [0.25, 0.3) is 0 Å². The molecule has 0 aliphatic heterocycles. The van der Waals surface area contributed by atoms with Crippen molar-refractivity contribution in [3.63, 3.8) is 0 Å². The predicted molar refractivity (Wildman–Crippen MR) is 86.6 cm³/mol. The molecular weight excluding hydrogens is 284 g/mol. The van der Waals surface area contributed by atoms with Gasteiger partial charge in [-0.1, -0.05) is 39.3 Å². The van der Waals surface area contributed by atoms with E-state index in [1.807, 2.05) is 6.07 Å². The lowest BCUT2D eigenvalue weighted by atomic mass is 9.64. The van der Waals surface area contributed by atoms with Crippen molar-refractivity contribution in [3.8, 4) is 6.07 Å². The summed E-state index contributed by atoms with van der Waals surface area (Å²) in [6.45, 7) is 9.57. The number of rotatable bonds is 5. The van der Waals surface area contributed by atoms with Gasteiger partial charge < -0.3 is 10.1 Å². The highest BCUT2D eigenvalue weighted by Gasteiger charge is 2.49. The molecule has 3 nitrogen and oxygen atoms in total. The Kier molecular flexibility index (Phi) is 4.81. The summed E-state index contributed by atoms with van der Waals surface area (Å²) in [6, 6.07) is 7.78. The molecule has 0 bridgehead atoms. The average molecular weight is 307 g/mol. The van der Waals surface area contributed by atoms with Crippen molar-refractivity contribution < 1.29 is 4.74 Å². The van der Waals surface area contributed by atoms with Gasteiger partial charge in [-0.3, -0.25) is 0 Å². The topological polar surface area (TPSA) is 45.0 Å². The molecule has 1 aromatic rings. The molecule has 114 valence electrons. The SMILES string of the molecule is CC(C)COC1CC(Nc2ccc(C#N)cc2Cl)C1(C)C. The van der Waals surface area contributed by atoms with Gasteiger partial charge in [-0.15, -0.1) is 0 Å². The summed E-state index contributed by atoms with van der Waals surface area (Å²) < 4.78 is 5.97. The molecule has 21 heavy (non-hydrogen) atoms. The third kappa shape index (κ3) is 3.51. The van der Waals surface area contributed by atoms with Gasteiger partial charge in [0.25, 0.3) is 0 Å². The van der Waals surface area contributed by atoms with Crippen molar-refractivity contribution in [1.82, 2.24) is 0 Å². The standard InChI is InChI=1S/C17H23ClN2O/c1-11(2)10-21-16-8-15(17(16,3)4)20-14-6-5-12(9-19)7-13(14)18/h5-7,11,15-16,20H,8,10H2,1-4H3. The molecule has 1 N–H and O–H groups in total. The largest absolute Gasteiger partial charge is 0.380 e. The van der Waals surface area contributed by atoms with E-state index in [1.165, 1.54) is 0 Å². The van der Waals surface area contributed by atoms with Crippen molar-refractivity contribution in [1.29, 1.82) is 5.26 Å². The number of hydrogen-bond acceptors (Lipinski definition) is 3. The van der Waals surface area contributed by atoms with Gasteiger partial charge in [0, 0.05) is 18.1 Å². The number of nitriles is 1. The van der Waals surface area contributed by atoms with E-state index in [2.05, 4.69) is 39.1 Å². The highest BCUT2D eigenvalue weighted by atomic mass is 35.5. The quantitative estimate of drug-likeness (QED) is 0.873. The van der Waals surface area contributed by atoms with E-state index in [1.54, 1.807) is 12.1 Å². The molecular formula is C17H23ClN2O. The first-order chi connectivity index (χ1) is 9.84. The van der Waals surface area contributed by atoms with Crippen LogP contribution in [-0.2, 0) is 4.74 Å². The van der Waals surface area contributed by atoms with Crippen molar-refractivity contribution in [3.05, 3.63) is 28.8 Å². The number of hydrogen-bond donors (Lipinski definition) is 1. The Hall–Kier alpha value is -1.24. The number of anilines is 1. The first kappa shape index (κ1) is 16.1. The molecule has 0 saturated heterocycles. The fraction of sp³-hybridized carbons (Fsp3) is 0.588. The van der Waals surface area contributed by atoms with Gasteiger partial charge in [0.2, 0.25) is 0 Å². The third-order valence-corrected chi connectivity index (χ3v) is 4.55. The molecule has 0 heterocycles. The molecule has 0 amide bonds. The Morgan fingerprint density at radius 2 is 2.19 bits per heavy atom. The van der Waals surface area contributed by atoms with Crippen LogP contribution in [-0.4, -0.2) is 18.8 Å². The van der Waals surface area contributed by atoms with Crippen LogP contribution >= 0.6 is 11.6 Å². The van der Waals surface area contributed by atoms with Crippen molar-refractivity contribution >= 4 is 17.3 Å². The zero-order valence-corrected chi connectivity index (χ0v) is 13.9. The maximum Gasteiger partial charge on any atom is 0.0992 e. The van der Waals surface area contributed by atoms with Crippen molar-refractivity contribution in [2.75, 3.05) is 11.9 Å². The van der Waals surface area contributed by atoms with E-state index in [4.69, 9.17) is 21.6 Å². The molecule has 1 aromatic carbocycles. The fourth-order valence-electron chi connectivity index (χ4n) is 2.61.